The van der Waals surface area contributed by atoms with Crippen LogP contribution in [0.25, 0.3) is 0 Å². The highest BCUT2D eigenvalue weighted by Crippen LogP contribution is 2.28. The van der Waals surface area contributed by atoms with Crippen LogP contribution in [0, 0.1) is 0 Å². The van der Waals surface area contributed by atoms with Gasteiger partial charge in [0.05, 0.1) is 20.3 Å². The van der Waals surface area contributed by atoms with Crippen LogP contribution in [0.3, 0.4) is 0 Å². The normalized spacial score (nSPS) is 16.6. The maximum Gasteiger partial charge on any atom is 0.191 e. The fourth-order valence-corrected chi connectivity index (χ4v) is 3.52. The van der Waals surface area contributed by atoms with Gasteiger partial charge in [-0.15, -0.1) is 0 Å². The molecule has 6 heteroatoms. The van der Waals surface area contributed by atoms with Crippen LogP contribution < -0.4 is 25.0 Å². The van der Waals surface area contributed by atoms with Gasteiger partial charge in [0.1, 0.15) is 0 Å². The molecule has 0 bridgehead atoms. The van der Waals surface area contributed by atoms with Gasteiger partial charge in [-0.25, -0.2) is 4.99 Å². The molecule has 1 saturated heterocycles. The topological polar surface area (TPSA) is 58.1 Å². The molecule has 0 amide bonds. The number of benzene rings is 2. The standard InChI is InChI=1S/C23H32N4O2/c1-4-24-23(25-16-18-11-12-21(29-5-2)22(15-18)28-3)26-19-13-14-27(17-19)20-9-7-6-8-10-20/h6-12,15,19H,4-5,13-14,16-17H2,1-3H3,(H2,24,25,26). The average molecular weight is 397 g/mol. The van der Waals surface area contributed by atoms with Crippen molar-refractivity contribution in [2.75, 3.05) is 38.3 Å². The zero-order valence-electron chi connectivity index (χ0n) is 17.6. The van der Waals surface area contributed by atoms with E-state index in [1.165, 1.54) is 5.69 Å². The Morgan fingerprint density at radius 1 is 1.14 bits per heavy atom. The molecule has 1 aliphatic rings. The summed E-state index contributed by atoms with van der Waals surface area (Å²) >= 11 is 0. The van der Waals surface area contributed by atoms with Gasteiger partial charge in [0, 0.05) is 31.4 Å². The number of nitrogens with zero attached hydrogens (tertiary/aromatic N) is 2. The predicted octanol–water partition coefficient (Wildman–Crippen LogP) is 3.43. The second kappa shape index (κ2) is 10.6. The van der Waals surface area contributed by atoms with Gasteiger partial charge < -0.3 is 25.0 Å². The summed E-state index contributed by atoms with van der Waals surface area (Å²) < 4.78 is 11.0. The molecule has 0 aliphatic carbocycles. The smallest absolute Gasteiger partial charge is 0.191 e. The van der Waals surface area contributed by atoms with Gasteiger partial charge in [0.15, 0.2) is 17.5 Å². The molecule has 0 aromatic heterocycles. The summed E-state index contributed by atoms with van der Waals surface area (Å²) in [7, 11) is 1.66. The van der Waals surface area contributed by atoms with E-state index in [2.05, 4.69) is 52.8 Å². The molecule has 1 aliphatic heterocycles. The van der Waals surface area contributed by atoms with Crippen LogP contribution in [0.2, 0.25) is 0 Å². The van der Waals surface area contributed by atoms with E-state index in [4.69, 9.17) is 14.5 Å². The van der Waals surface area contributed by atoms with Crippen molar-refractivity contribution in [3.8, 4) is 11.5 Å². The number of nitrogens with one attached hydrogen (secondary N) is 2. The number of anilines is 1. The van der Waals surface area contributed by atoms with Gasteiger partial charge in [0.2, 0.25) is 0 Å². The van der Waals surface area contributed by atoms with Crippen molar-refractivity contribution in [3.63, 3.8) is 0 Å². The monoisotopic (exact) mass is 396 g/mol. The Balaban J connectivity index is 1.62. The van der Waals surface area contributed by atoms with E-state index < -0.39 is 0 Å². The fraction of sp³-hybridized carbons (Fsp3) is 0.435. The molecule has 1 fully saturated rings. The summed E-state index contributed by atoms with van der Waals surface area (Å²) in [5, 5.41) is 6.95. The number of hydrogen-bond acceptors (Lipinski definition) is 4. The lowest BCUT2D eigenvalue weighted by Crippen LogP contribution is -2.44. The van der Waals surface area contributed by atoms with Crippen LogP contribution in [-0.2, 0) is 6.54 Å². The van der Waals surface area contributed by atoms with Crippen LogP contribution in [0.4, 0.5) is 5.69 Å². The number of methoxy groups -OCH3 is 1. The molecule has 6 nitrogen and oxygen atoms in total. The second-order valence-corrected chi connectivity index (χ2v) is 7.02. The van der Waals surface area contributed by atoms with Crippen molar-refractivity contribution in [2.45, 2.75) is 32.9 Å². The Bertz CT molecular complexity index is 795. The van der Waals surface area contributed by atoms with E-state index in [1.54, 1.807) is 7.11 Å². The van der Waals surface area contributed by atoms with Crippen molar-refractivity contribution in [3.05, 3.63) is 54.1 Å². The quantitative estimate of drug-likeness (QED) is 0.529. The van der Waals surface area contributed by atoms with Gasteiger partial charge in [-0.2, -0.15) is 0 Å². The minimum atomic E-state index is 0.378. The van der Waals surface area contributed by atoms with Gasteiger partial charge in [-0.3, -0.25) is 0 Å². The minimum absolute atomic E-state index is 0.378. The van der Waals surface area contributed by atoms with Gasteiger partial charge >= 0.3 is 0 Å². The first kappa shape index (κ1) is 20.8. The summed E-state index contributed by atoms with van der Waals surface area (Å²) in [5.74, 6) is 2.35. The summed E-state index contributed by atoms with van der Waals surface area (Å²) in [5.41, 5.74) is 2.36. The number of rotatable bonds is 8. The van der Waals surface area contributed by atoms with Crippen molar-refractivity contribution in [2.24, 2.45) is 4.99 Å². The van der Waals surface area contributed by atoms with E-state index >= 15 is 0 Å². The molecule has 3 rings (SSSR count). The van der Waals surface area contributed by atoms with E-state index in [9.17, 15) is 0 Å². The van der Waals surface area contributed by atoms with Crippen LogP contribution >= 0.6 is 0 Å². The zero-order chi connectivity index (χ0) is 20.5. The van der Waals surface area contributed by atoms with Gasteiger partial charge in [-0.1, -0.05) is 24.3 Å². The molecule has 156 valence electrons. The van der Waals surface area contributed by atoms with Gasteiger partial charge in [-0.05, 0) is 50.1 Å². The Labute approximate surface area is 173 Å². The second-order valence-electron chi connectivity index (χ2n) is 7.02. The molecule has 1 atom stereocenters. The SMILES string of the molecule is CCNC(=NCc1ccc(OCC)c(OC)c1)NC1CCN(c2ccccc2)C1. The largest absolute Gasteiger partial charge is 0.493 e. The van der Waals surface area contributed by atoms with Crippen LogP contribution in [-0.4, -0.2) is 45.4 Å². The first-order chi connectivity index (χ1) is 14.2. The predicted molar refractivity (Wildman–Crippen MR) is 119 cm³/mol. The molecule has 29 heavy (non-hydrogen) atoms. The third-order valence-corrected chi connectivity index (χ3v) is 4.94. The highest BCUT2D eigenvalue weighted by atomic mass is 16.5. The van der Waals surface area contributed by atoms with Crippen molar-refractivity contribution in [1.29, 1.82) is 0 Å². The highest BCUT2D eigenvalue weighted by molar-refractivity contribution is 5.80. The highest BCUT2D eigenvalue weighted by Gasteiger charge is 2.23. The molecule has 0 radical (unpaired) electrons. The van der Waals surface area contributed by atoms with Crippen LogP contribution in [0.15, 0.2) is 53.5 Å². The third kappa shape index (κ3) is 5.79. The first-order valence-corrected chi connectivity index (χ1v) is 10.4. The lowest BCUT2D eigenvalue weighted by molar-refractivity contribution is 0.310. The average Bonchev–Trinajstić information content (AvgIpc) is 3.22. The van der Waals surface area contributed by atoms with Crippen LogP contribution in [0.5, 0.6) is 11.5 Å². The van der Waals surface area contributed by atoms with Gasteiger partial charge in [0.25, 0.3) is 0 Å². The molecule has 0 saturated carbocycles. The Hall–Kier alpha value is -2.89. The molecule has 2 N–H and O–H groups in total. The molecule has 1 unspecified atom stereocenters. The van der Waals surface area contributed by atoms with E-state index in [1.807, 2.05) is 25.1 Å². The molecule has 2 aromatic rings. The number of ether oxygens (including phenoxy) is 2. The van der Waals surface area contributed by atoms with Crippen molar-refractivity contribution >= 4 is 11.6 Å². The summed E-state index contributed by atoms with van der Waals surface area (Å²) in [6.45, 7) is 8.10. The van der Waals surface area contributed by atoms with Crippen molar-refractivity contribution < 1.29 is 9.47 Å². The lowest BCUT2D eigenvalue weighted by atomic mass is 10.2. The Kier molecular flexibility index (Phi) is 7.61. The Morgan fingerprint density at radius 3 is 2.69 bits per heavy atom. The minimum Gasteiger partial charge on any atom is -0.493 e. The molecule has 1 heterocycles. The molecule has 0 spiro atoms. The maximum absolute atomic E-state index is 5.59. The molecule has 2 aromatic carbocycles. The fourth-order valence-electron chi connectivity index (χ4n) is 3.52. The number of para-hydroxylation sites is 1. The first-order valence-electron chi connectivity index (χ1n) is 10.4. The molecular formula is C23H32N4O2. The van der Waals surface area contributed by atoms with Crippen molar-refractivity contribution in [1.82, 2.24) is 10.6 Å². The Morgan fingerprint density at radius 2 is 1.97 bits per heavy atom. The number of guanidine groups is 1. The van der Waals surface area contributed by atoms with E-state index in [0.717, 1.165) is 49.1 Å². The summed E-state index contributed by atoms with van der Waals surface area (Å²) in [6, 6.07) is 16.9. The third-order valence-electron chi connectivity index (χ3n) is 4.94. The number of hydrogen-bond donors (Lipinski definition) is 2. The lowest BCUT2D eigenvalue weighted by Gasteiger charge is -2.20. The maximum atomic E-state index is 5.59. The molecular weight excluding hydrogens is 364 g/mol. The van der Waals surface area contributed by atoms with Crippen LogP contribution in [0.1, 0.15) is 25.8 Å². The number of aliphatic imine (C=N–C) groups is 1. The van der Waals surface area contributed by atoms with E-state index in [-0.39, 0.29) is 0 Å². The summed E-state index contributed by atoms with van der Waals surface area (Å²) in [6.07, 6.45) is 1.09. The van der Waals surface area contributed by atoms with E-state index in [0.29, 0.717) is 19.2 Å². The summed E-state index contributed by atoms with van der Waals surface area (Å²) in [4.78, 5) is 7.19. The zero-order valence-corrected chi connectivity index (χ0v) is 17.6.